The third-order valence-corrected chi connectivity index (χ3v) is 2.68. The highest BCUT2D eigenvalue weighted by atomic mass is 16.4. The topological polar surface area (TPSA) is 92.4 Å². The quantitative estimate of drug-likeness (QED) is 0.718. The van der Waals surface area contributed by atoms with Gasteiger partial charge in [0, 0.05) is 6.54 Å². The molecule has 0 bridgehead atoms. The minimum Gasteiger partial charge on any atom is -0.481 e. The predicted octanol–water partition coefficient (Wildman–Crippen LogP) is 0.722. The first-order chi connectivity index (χ1) is 8.40. The summed E-state index contributed by atoms with van der Waals surface area (Å²) in [6.45, 7) is 4.32. The molecule has 0 aliphatic carbocycles. The maximum Gasteiger partial charge on any atom is 0.305 e. The van der Waals surface area contributed by atoms with E-state index >= 15 is 0 Å². The van der Waals surface area contributed by atoms with E-state index in [0.717, 1.165) is 16.7 Å². The lowest BCUT2D eigenvalue weighted by molar-refractivity contribution is -0.139. The standard InChI is InChI=1S/C13H18N2O3/c1-8-3-4-10(9(2)5-8)7-15-13(18)11(14)6-12(16)17/h3-5,11H,6-7,14H2,1-2H3,(H,15,18)(H,16,17). The summed E-state index contributed by atoms with van der Waals surface area (Å²) in [6.07, 6.45) is -0.362. The van der Waals surface area contributed by atoms with Crippen molar-refractivity contribution in [3.8, 4) is 0 Å². The number of aryl methyl sites for hydroxylation is 2. The third-order valence-electron chi connectivity index (χ3n) is 2.68. The van der Waals surface area contributed by atoms with Gasteiger partial charge in [-0.05, 0) is 25.0 Å². The Hall–Kier alpha value is -1.88. The first-order valence-corrected chi connectivity index (χ1v) is 5.71. The molecule has 5 nitrogen and oxygen atoms in total. The van der Waals surface area contributed by atoms with Crippen LogP contribution in [-0.2, 0) is 16.1 Å². The number of carbonyl (C=O) groups is 2. The van der Waals surface area contributed by atoms with Crippen molar-refractivity contribution in [2.45, 2.75) is 32.9 Å². The zero-order valence-electron chi connectivity index (χ0n) is 10.6. The fourth-order valence-corrected chi connectivity index (χ4v) is 1.64. The van der Waals surface area contributed by atoms with Gasteiger partial charge in [0.15, 0.2) is 0 Å². The number of benzene rings is 1. The van der Waals surface area contributed by atoms with Crippen molar-refractivity contribution in [1.82, 2.24) is 5.32 Å². The number of nitrogens with two attached hydrogens (primary N) is 1. The van der Waals surface area contributed by atoms with Crippen LogP contribution in [0.15, 0.2) is 18.2 Å². The van der Waals surface area contributed by atoms with Gasteiger partial charge in [-0.25, -0.2) is 0 Å². The molecule has 0 saturated carbocycles. The highest BCUT2D eigenvalue weighted by Gasteiger charge is 2.16. The second-order valence-corrected chi connectivity index (χ2v) is 4.35. The summed E-state index contributed by atoms with van der Waals surface area (Å²) in [5.41, 5.74) is 8.69. The summed E-state index contributed by atoms with van der Waals surface area (Å²) in [7, 11) is 0. The summed E-state index contributed by atoms with van der Waals surface area (Å²) in [5.74, 6) is -1.53. The Morgan fingerprint density at radius 2 is 2.06 bits per heavy atom. The lowest BCUT2D eigenvalue weighted by Crippen LogP contribution is -2.41. The molecule has 0 fully saturated rings. The Balaban J connectivity index is 2.54. The van der Waals surface area contributed by atoms with E-state index in [0.29, 0.717) is 6.54 Å². The molecular formula is C13H18N2O3. The average molecular weight is 250 g/mol. The molecule has 0 radical (unpaired) electrons. The first-order valence-electron chi connectivity index (χ1n) is 5.71. The first kappa shape index (κ1) is 14.2. The van der Waals surface area contributed by atoms with E-state index < -0.39 is 17.9 Å². The van der Waals surface area contributed by atoms with Crippen molar-refractivity contribution in [3.63, 3.8) is 0 Å². The minimum atomic E-state index is -1.08. The molecular weight excluding hydrogens is 232 g/mol. The van der Waals surface area contributed by atoms with Crippen LogP contribution < -0.4 is 11.1 Å². The number of nitrogens with one attached hydrogen (secondary N) is 1. The van der Waals surface area contributed by atoms with Crippen molar-refractivity contribution >= 4 is 11.9 Å². The fourth-order valence-electron chi connectivity index (χ4n) is 1.64. The van der Waals surface area contributed by atoms with E-state index in [1.807, 2.05) is 32.0 Å². The van der Waals surface area contributed by atoms with Gasteiger partial charge in [0.2, 0.25) is 5.91 Å². The van der Waals surface area contributed by atoms with Crippen LogP contribution in [0.5, 0.6) is 0 Å². The molecule has 0 spiro atoms. The molecule has 1 aromatic carbocycles. The van der Waals surface area contributed by atoms with Gasteiger partial charge in [-0.2, -0.15) is 0 Å². The number of hydrogen-bond donors (Lipinski definition) is 3. The van der Waals surface area contributed by atoms with Crippen LogP contribution >= 0.6 is 0 Å². The average Bonchev–Trinajstić information content (AvgIpc) is 2.26. The Morgan fingerprint density at radius 1 is 1.39 bits per heavy atom. The summed E-state index contributed by atoms with van der Waals surface area (Å²) < 4.78 is 0. The zero-order valence-corrected chi connectivity index (χ0v) is 10.6. The van der Waals surface area contributed by atoms with Gasteiger partial charge in [0.1, 0.15) is 0 Å². The van der Waals surface area contributed by atoms with Gasteiger partial charge in [0.05, 0.1) is 12.5 Å². The molecule has 5 heteroatoms. The number of amides is 1. The molecule has 0 aliphatic heterocycles. The highest BCUT2D eigenvalue weighted by Crippen LogP contribution is 2.10. The second kappa shape index (κ2) is 6.16. The lowest BCUT2D eigenvalue weighted by atomic mass is 10.1. The van der Waals surface area contributed by atoms with E-state index in [2.05, 4.69) is 5.32 Å². The third kappa shape index (κ3) is 4.18. The lowest BCUT2D eigenvalue weighted by Gasteiger charge is -2.12. The van der Waals surface area contributed by atoms with E-state index in [1.54, 1.807) is 0 Å². The van der Waals surface area contributed by atoms with Crippen LogP contribution in [0.2, 0.25) is 0 Å². The van der Waals surface area contributed by atoms with Gasteiger partial charge in [-0.1, -0.05) is 23.8 Å². The van der Waals surface area contributed by atoms with Crippen LogP contribution in [0.4, 0.5) is 0 Å². The number of aliphatic carboxylic acids is 1. The van der Waals surface area contributed by atoms with Crippen LogP contribution in [0.3, 0.4) is 0 Å². The molecule has 0 aliphatic rings. The van der Waals surface area contributed by atoms with Gasteiger partial charge in [0.25, 0.3) is 0 Å². The molecule has 1 amide bonds. The Labute approximate surface area is 106 Å². The summed E-state index contributed by atoms with van der Waals surface area (Å²) in [4.78, 5) is 22.0. The molecule has 0 aromatic heterocycles. The SMILES string of the molecule is Cc1ccc(CNC(=O)C(N)CC(=O)O)c(C)c1. The van der Waals surface area contributed by atoms with Crippen molar-refractivity contribution in [2.75, 3.05) is 0 Å². The number of rotatable bonds is 5. The molecule has 0 saturated heterocycles. The maximum atomic E-state index is 11.5. The van der Waals surface area contributed by atoms with Gasteiger partial charge in [-0.3, -0.25) is 9.59 Å². The molecule has 98 valence electrons. The minimum absolute atomic E-state index is 0.359. The van der Waals surface area contributed by atoms with Gasteiger partial charge >= 0.3 is 5.97 Å². The number of carboxylic acids is 1. The van der Waals surface area contributed by atoms with E-state index in [9.17, 15) is 9.59 Å². The van der Waals surface area contributed by atoms with Crippen molar-refractivity contribution in [2.24, 2.45) is 5.73 Å². The van der Waals surface area contributed by atoms with Crippen molar-refractivity contribution in [3.05, 3.63) is 34.9 Å². The van der Waals surface area contributed by atoms with Crippen molar-refractivity contribution in [1.29, 1.82) is 0 Å². The van der Waals surface area contributed by atoms with E-state index in [-0.39, 0.29) is 6.42 Å². The van der Waals surface area contributed by atoms with Crippen LogP contribution in [0.1, 0.15) is 23.1 Å². The molecule has 1 atom stereocenters. The Bertz CT molecular complexity index is 458. The summed E-state index contributed by atoms with van der Waals surface area (Å²) >= 11 is 0. The molecule has 0 heterocycles. The van der Waals surface area contributed by atoms with Crippen LogP contribution in [0.25, 0.3) is 0 Å². The number of carboxylic acid groups (broad SMARTS) is 1. The smallest absolute Gasteiger partial charge is 0.305 e. The second-order valence-electron chi connectivity index (χ2n) is 4.35. The molecule has 1 unspecified atom stereocenters. The normalized spacial score (nSPS) is 11.9. The summed E-state index contributed by atoms with van der Waals surface area (Å²) in [6, 6.07) is 4.92. The molecule has 18 heavy (non-hydrogen) atoms. The Kier molecular flexibility index (Phi) is 4.85. The molecule has 4 N–H and O–H groups in total. The van der Waals surface area contributed by atoms with Crippen molar-refractivity contribution < 1.29 is 14.7 Å². The highest BCUT2D eigenvalue weighted by molar-refractivity contribution is 5.85. The zero-order chi connectivity index (χ0) is 13.7. The summed E-state index contributed by atoms with van der Waals surface area (Å²) in [5, 5.41) is 11.2. The largest absolute Gasteiger partial charge is 0.481 e. The molecule has 1 aromatic rings. The molecule has 1 rings (SSSR count). The predicted molar refractivity (Wildman–Crippen MR) is 68.0 cm³/mol. The van der Waals surface area contributed by atoms with E-state index in [1.165, 1.54) is 0 Å². The fraction of sp³-hybridized carbons (Fsp3) is 0.385. The maximum absolute atomic E-state index is 11.5. The number of carbonyl (C=O) groups excluding carboxylic acids is 1. The van der Waals surface area contributed by atoms with Gasteiger partial charge < -0.3 is 16.2 Å². The Morgan fingerprint density at radius 3 is 2.61 bits per heavy atom. The monoisotopic (exact) mass is 250 g/mol. The van der Waals surface area contributed by atoms with Crippen LogP contribution in [-0.4, -0.2) is 23.0 Å². The van der Waals surface area contributed by atoms with E-state index in [4.69, 9.17) is 10.8 Å². The number of hydrogen-bond acceptors (Lipinski definition) is 3. The van der Waals surface area contributed by atoms with Crippen LogP contribution in [0, 0.1) is 13.8 Å². The van der Waals surface area contributed by atoms with Gasteiger partial charge in [-0.15, -0.1) is 0 Å².